The number of aliphatic carboxylic acids is 2. The number of benzene rings is 1. The summed E-state index contributed by atoms with van der Waals surface area (Å²) in [5.74, 6) is -2.71. The topological polar surface area (TPSA) is 116 Å². The number of amides is 2. The highest BCUT2D eigenvalue weighted by atomic mass is 79.9. The van der Waals surface area contributed by atoms with Gasteiger partial charge in [0.1, 0.15) is 6.04 Å². The molecule has 8 heteroatoms. The number of hydrogen-bond donors (Lipinski definition) is 4. The molecular formula is C13H15BrN2O5. The Morgan fingerprint density at radius 1 is 1.19 bits per heavy atom. The predicted octanol–water partition coefficient (Wildman–Crippen LogP) is 2.12. The molecule has 0 saturated heterocycles. The highest BCUT2D eigenvalue weighted by Gasteiger charge is 2.23. The Balaban J connectivity index is 2.76. The number of urea groups is 1. The summed E-state index contributed by atoms with van der Waals surface area (Å²) in [6, 6.07) is 1.16. The third-order valence-electron chi connectivity index (χ3n) is 2.68. The number of hydrogen-bond acceptors (Lipinski definition) is 3. The number of carboxylic acid groups (broad SMARTS) is 2. The van der Waals surface area contributed by atoms with E-state index in [0.717, 1.165) is 15.6 Å². The molecule has 2 amide bonds. The van der Waals surface area contributed by atoms with E-state index >= 15 is 0 Å². The SMILES string of the molecule is Cc1cc(NC(=O)N[C@H](CC(=O)O)C(=O)O)cc(C)c1Br. The van der Waals surface area contributed by atoms with Crippen LogP contribution in [0, 0.1) is 13.8 Å². The Hall–Kier alpha value is -2.09. The average Bonchev–Trinajstić information content (AvgIpc) is 2.34. The van der Waals surface area contributed by atoms with Gasteiger partial charge in [-0.25, -0.2) is 9.59 Å². The van der Waals surface area contributed by atoms with Crippen molar-refractivity contribution >= 4 is 39.6 Å². The second-order valence-electron chi connectivity index (χ2n) is 4.51. The zero-order chi connectivity index (χ0) is 16.2. The van der Waals surface area contributed by atoms with Gasteiger partial charge in [-0.3, -0.25) is 4.79 Å². The monoisotopic (exact) mass is 358 g/mol. The molecule has 0 saturated carbocycles. The lowest BCUT2D eigenvalue weighted by Crippen LogP contribution is -2.44. The first-order chi connectivity index (χ1) is 9.70. The highest BCUT2D eigenvalue weighted by Crippen LogP contribution is 2.24. The zero-order valence-electron chi connectivity index (χ0n) is 11.4. The van der Waals surface area contributed by atoms with Gasteiger partial charge in [0.25, 0.3) is 0 Å². The molecule has 0 fully saturated rings. The van der Waals surface area contributed by atoms with E-state index in [0.29, 0.717) is 5.69 Å². The van der Waals surface area contributed by atoms with Crippen molar-refractivity contribution in [1.82, 2.24) is 5.32 Å². The molecular weight excluding hydrogens is 344 g/mol. The van der Waals surface area contributed by atoms with Crippen LogP contribution in [0.25, 0.3) is 0 Å². The molecule has 0 radical (unpaired) electrons. The van der Waals surface area contributed by atoms with E-state index in [9.17, 15) is 14.4 Å². The van der Waals surface area contributed by atoms with Crippen molar-refractivity contribution in [3.05, 3.63) is 27.7 Å². The minimum Gasteiger partial charge on any atom is -0.481 e. The van der Waals surface area contributed by atoms with Crippen LogP contribution in [0.5, 0.6) is 0 Å². The van der Waals surface area contributed by atoms with E-state index in [4.69, 9.17) is 10.2 Å². The maximum Gasteiger partial charge on any atom is 0.326 e. The Morgan fingerprint density at radius 2 is 1.71 bits per heavy atom. The molecule has 21 heavy (non-hydrogen) atoms. The van der Waals surface area contributed by atoms with Gasteiger partial charge in [-0.05, 0) is 37.1 Å². The van der Waals surface area contributed by atoms with Gasteiger partial charge in [-0.2, -0.15) is 0 Å². The van der Waals surface area contributed by atoms with Gasteiger partial charge in [0, 0.05) is 10.2 Å². The molecule has 0 heterocycles. The van der Waals surface area contributed by atoms with E-state index in [1.54, 1.807) is 12.1 Å². The predicted molar refractivity (Wildman–Crippen MR) is 79.4 cm³/mol. The summed E-state index contributed by atoms with van der Waals surface area (Å²) < 4.78 is 0.919. The van der Waals surface area contributed by atoms with Crippen LogP contribution in [-0.2, 0) is 9.59 Å². The van der Waals surface area contributed by atoms with Crippen molar-refractivity contribution in [2.24, 2.45) is 0 Å². The smallest absolute Gasteiger partial charge is 0.326 e. The van der Waals surface area contributed by atoms with E-state index in [-0.39, 0.29) is 0 Å². The lowest BCUT2D eigenvalue weighted by Gasteiger charge is -2.14. The highest BCUT2D eigenvalue weighted by molar-refractivity contribution is 9.10. The van der Waals surface area contributed by atoms with E-state index in [1.165, 1.54) is 0 Å². The van der Waals surface area contributed by atoms with Crippen molar-refractivity contribution in [2.75, 3.05) is 5.32 Å². The molecule has 4 N–H and O–H groups in total. The number of halogens is 1. The summed E-state index contributed by atoms with van der Waals surface area (Å²) in [6.45, 7) is 3.70. The summed E-state index contributed by atoms with van der Waals surface area (Å²) in [7, 11) is 0. The maximum absolute atomic E-state index is 11.7. The first-order valence-electron chi connectivity index (χ1n) is 5.99. The molecule has 0 bridgehead atoms. The van der Waals surface area contributed by atoms with Crippen LogP contribution < -0.4 is 10.6 Å². The quantitative estimate of drug-likeness (QED) is 0.643. The van der Waals surface area contributed by atoms with Gasteiger partial charge in [0.15, 0.2) is 0 Å². The first kappa shape index (κ1) is 17.0. The zero-order valence-corrected chi connectivity index (χ0v) is 13.0. The van der Waals surface area contributed by atoms with Crippen molar-refractivity contribution in [3.63, 3.8) is 0 Å². The van der Waals surface area contributed by atoms with Gasteiger partial charge >= 0.3 is 18.0 Å². The molecule has 0 unspecified atom stereocenters. The van der Waals surface area contributed by atoms with Crippen molar-refractivity contribution < 1.29 is 24.6 Å². The lowest BCUT2D eigenvalue weighted by molar-refractivity contribution is -0.145. The van der Waals surface area contributed by atoms with Crippen molar-refractivity contribution in [1.29, 1.82) is 0 Å². The van der Waals surface area contributed by atoms with Crippen LogP contribution in [0.3, 0.4) is 0 Å². The average molecular weight is 359 g/mol. The minimum atomic E-state index is -1.49. The normalized spacial score (nSPS) is 11.6. The molecule has 1 aromatic carbocycles. The van der Waals surface area contributed by atoms with Gasteiger partial charge in [0.05, 0.1) is 6.42 Å². The number of carbonyl (C=O) groups excluding carboxylic acids is 1. The van der Waals surface area contributed by atoms with Crippen molar-refractivity contribution in [3.8, 4) is 0 Å². The molecule has 1 aromatic rings. The van der Waals surface area contributed by atoms with Crippen LogP contribution in [-0.4, -0.2) is 34.2 Å². The molecule has 7 nitrogen and oxygen atoms in total. The van der Waals surface area contributed by atoms with E-state index in [1.807, 2.05) is 13.8 Å². The number of anilines is 1. The number of rotatable bonds is 5. The summed E-state index contributed by atoms with van der Waals surface area (Å²) in [5.41, 5.74) is 2.31. The number of aryl methyl sites for hydroxylation is 2. The number of carbonyl (C=O) groups is 3. The fraction of sp³-hybridized carbons (Fsp3) is 0.308. The van der Waals surface area contributed by atoms with Crippen LogP contribution in [0.4, 0.5) is 10.5 Å². The fourth-order valence-electron chi connectivity index (χ4n) is 1.72. The third-order valence-corrected chi connectivity index (χ3v) is 3.93. The van der Waals surface area contributed by atoms with Crippen molar-refractivity contribution in [2.45, 2.75) is 26.3 Å². The van der Waals surface area contributed by atoms with Gasteiger partial charge in [-0.15, -0.1) is 0 Å². The van der Waals surface area contributed by atoms with Crippen LogP contribution in [0.2, 0.25) is 0 Å². The van der Waals surface area contributed by atoms with E-state index < -0.39 is 30.4 Å². The lowest BCUT2D eigenvalue weighted by atomic mass is 10.1. The molecule has 1 rings (SSSR count). The van der Waals surface area contributed by atoms with Gasteiger partial charge in [0.2, 0.25) is 0 Å². The van der Waals surface area contributed by atoms with Crippen LogP contribution in [0.1, 0.15) is 17.5 Å². The molecule has 1 atom stereocenters. The second-order valence-corrected chi connectivity index (χ2v) is 5.30. The third kappa shape index (κ3) is 5.07. The molecule has 0 spiro atoms. The Morgan fingerprint density at radius 3 is 2.14 bits per heavy atom. The van der Waals surface area contributed by atoms with Gasteiger partial charge < -0.3 is 20.8 Å². The molecule has 114 valence electrons. The molecule has 0 aromatic heterocycles. The minimum absolute atomic E-state index is 0.491. The fourth-order valence-corrected chi connectivity index (χ4v) is 1.95. The van der Waals surface area contributed by atoms with E-state index in [2.05, 4.69) is 26.6 Å². The number of carboxylic acids is 2. The Labute approximate surface area is 129 Å². The van der Waals surface area contributed by atoms with Crippen LogP contribution >= 0.6 is 15.9 Å². The largest absolute Gasteiger partial charge is 0.481 e. The summed E-state index contributed by atoms with van der Waals surface area (Å²) in [6.07, 6.45) is -0.693. The standard InChI is InChI=1S/C13H15BrN2O5/c1-6-3-8(4-7(2)11(6)14)15-13(21)16-9(12(19)20)5-10(17)18/h3-4,9H,5H2,1-2H3,(H,17,18)(H,19,20)(H2,15,16,21)/t9-/m1/s1. The van der Waals surface area contributed by atoms with Gasteiger partial charge in [-0.1, -0.05) is 15.9 Å². The first-order valence-corrected chi connectivity index (χ1v) is 6.79. The summed E-state index contributed by atoms with van der Waals surface area (Å²) in [5, 5.41) is 22.0. The molecule has 0 aliphatic carbocycles. The molecule has 0 aliphatic heterocycles. The summed E-state index contributed by atoms with van der Waals surface area (Å²) >= 11 is 3.39. The Kier molecular flexibility index (Phi) is 5.71. The summed E-state index contributed by atoms with van der Waals surface area (Å²) in [4.78, 5) is 33.1. The second kappa shape index (κ2) is 7.07. The maximum atomic E-state index is 11.7. The molecule has 0 aliphatic rings. The van der Waals surface area contributed by atoms with Crippen LogP contribution in [0.15, 0.2) is 16.6 Å². The number of nitrogens with one attached hydrogen (secondary N) is 2. The Bertz CT molecular complexity index is 565.